The van der Waals surface area contributed by atoms with Gasteiger partial charge in [-0.3, -0.25) is 4.57 Å². The maximum absolute atomic E-state index is 13.2. The van der Waals surface area contributed by atoms with Gasteiger partial charge in [0, 0.05) is 6.26 Å². The summed E-state index contributed by atoms with van der Waals surface area (Å²) in [6.45, 7) is 4.39. The van der Waals surface area contributed by atoms with Crippen molar-refractivity contribution in [3.8, 4) is 22.6 Å². The zero-order chi connectivity index (χ0) is 25.2. The van der Waals surface area contributed by atoms with Crippen molar-refractivity contribution < 1.29 is 17.9 Å². The topological polar surface area (TPSA) is 90.4 Å². The van der Waals surface area contributed by atoms with E-state index in [9.17, 15) is 13.2 Å². The molecule has 1 N–H and O–H groups in total. The minimum atomic E-state index is -3.43. The fourth-order valence-corrected chi connectivity index (χ4v) is 5.41. The normalized spacial score (nSPS) is 12.6. The molecule has 7 nitrogen and oxygen atoms in total. The number of ether oxygens (including phenoxy) is 2. The average molecular weight is 495 g/mol. The number of hydrogen-bond acceptors (Lipinski definition) is 5. The van der Waals surface area contributed by atoms with E-state index in [0.29, 0.717) is 34.7 Å². The molecule has 35 heavy (non-hydrogen) atoms. The Morgan fingerprint density at radius 2 is 1.77 bits per heavy atom. The lowest BCUT2D eigenvalue weighted by molar-refractivity contribution is 0.310. The Balaban J connectivity index is 1.88. The van der Waals surface area contributed by atoms with E-state index < -0.39 is 15.9 Å². The Labute approximate surface area is 205 Å². The molecule has 0 aliphatic carbocycles. The fraction of sp³-hybridized carbons (Fsp3) is 0.296. The highest BCUT2D eigenvalue weighted by molar-refractivity contribution is 7.90. The highest BCUT2D eigenvalue weighted by Crippen LogP contribution is 2.34. The molecular weight excluding hydrogens is 464 g/mol. The van der Waals surface area contributed by atoms with Crippen molar-refractivity contribution in [3.63, 3.8) is 0 Å². The number of rotatable bonds is 9. The predicted molar refractivity (Wildman–Crippen MR) is 139 cm³/mol. The van der Waals surface area contributed by atoms with E-state index in [-0.39, 0.29) is 11.4 Å². The number of nitrogens with zero attached hydrogens (tertiary/aromatic N) is 1. The quantitative estimate of drug-likeness (QED) is 0.367. The SMILES string of the molecule is CCOc1cc(C(CS(C)(=O)=O)n2c(=O)[nH]c3cc(-c4ccccc4CC)ccc32)ccc1OC. The molecule has 0 saturated heterocycles. The number of benzene rings is 3. The molecule has 0 amide bonds. The number of H-pyrrole nitrogens is 1. The smallest absolute Gasteiger partial charge is 0.327 e. The highest BCUT2D eigenvalue weighted by Gasteiger charge is 2.25. The first-order valence-electron chi connectivity index (χ1n) is 11.6. The van der Waals surface area contributed by atoms with Gasteiger partial charge in [-0.05, 0) is 59.9 Å². The molecule has 4 rings (SSSR count). The van der Waals surface area contributed by atoms with Crippen LogP contribution < -0.4 is 15.2 Å². The summed E-state index contributed by atoms with van der Waals surface area (Å²) < 4.78 is 37.4. The van der Waals surface area contributed by atoms with Gasteiger partial charge in [0.25, 0.3) is 0 Å². The third-order valence-electron chi connectivity index (χ3n) is 6.07. The summed E-state index contributed by atoms with van der Waals surface area (Å²) in [5.74, 6) is 0.801. The number of nitrogens with one attached hydrogen (secondary N) is 1. The molecule has 1 atom stereocenters. The standard InChI is InChI=1S/C27H30N2O5S/c1-5-18-9-7-8-10-21(18)19-11-13-23-22(15-19)28-27(30)29(23)24(17-35(4,31)32)20-12-14-25(33-3)26(16-20)34-6-2/h7-16,24H,5-6,17H2,1-4H3,(H,28,30). The summed E-state index contributed by atoms with van der Waals surface area (Å²) in [4.78, 5) is 16.1. The zero-order valence-corrected chi connectivity index (χ0v) is 21.2. The highest BCUT2D eigenvalue weighted by atomic mass is 32.2. The van der Waals surface area contributed by atoms with Crippen LogP contribution in [0.2, 0.25) is 0 Å². The molecule has 8 heteroatoms. The van der Waals surface area contributed by atoms with Gasteiger partial charge in [0.1, 0.15) is 9.84 Å². The Bertz CT molecular complexity index is 1520. The van der Waals surface area contributed by atoms with Crippen LogP contribution >= 0.6 is 0 Å². The summed E-state index contributed by atoms with van der Waals surface area (Å²) in [7, 11) is -1.88. The molecule has 0 aliphatic heterocycles. The molecule has 0 spiro atoms. The number of aryl methyl sites for hydroxylation is 1. The Morgan fingerprint density at radius 1 is 1.00 bits per heavy atom. The predicted octanol–water partition coefficient (Wildman–Crippen LogP) is 4.60. The van der Waals surface area contributed by atoms with Crippen LogP contribution in [0.1, 0.15) is 31.0 Å². The van der Waals surface area contributed by atoms with E-state index in [1.807, 2.05) is 37.3 Å². The van der Waals surface area contributed by atoms with Gasteiger partial charge in [0.05, 0.1) is 36.5 Å². The van der Waals surface area contributed by atoms with Gasteiger partial charge in [-0.25, -0.2) is 13.2 Å². The van der Waals surface area contributed by atoms with Gasteiger partial charge in [-0.1, -0.05) is 43.3 Å². The Hall–Kier alpha value is -3.52. The van der Waals surface area contributed by atoms with Gasteiger partial charge < -0.3 is 14.5 Å². The van der Waals surface area contributed by atoms with E-state index >= 15 is 0 Å². The molecule has 1 unspecified atom stereocenters. The number of methoxy groups -OCH3 is 1. The van der Waals surface area contributed by atoms with Crippen molar-refractivity contribution in [2.24, 2.45) is 0 Å². The number of imidazole rings is 1. The van der Waals surface area contributed by atoms with Gasteiger partial charge in [0.15, 0.2) is 11.5 Å². The van der Waals surface area contributed by atoms with Crippen LogP contribution in [0, 0.1) is 0 Å². The van der Waals surface area contributed by atoms with Crippen LogP contribution in [0.15, 0.2) is 65.5 Å². The van der Waals surface area contributed by atoms with Gasteiger partial charge in [-0.15, -0.1) is 0 Å². The molecule has 0 bridgehead atoms. The third-order valence-corrected chi connectivity index (χ3v) is 6.99. The van der Waals surface area contributed by atoms with Gasteiger partial charge >= 0.3 is 5.69 Å². The fourth-order valence-electron chi connectivity index (χ4n) is 4.49. The molecule has 0 saturated carbocycles. The molecule has 1 aromatic heterocycles. The molecule has 3 aromatic carbocycles. The summed E-state index contributed by atoms with van der Waals surface area (Å²) in [6.07, 6.45) is 2.06. The van der Waals surface area contributed by atoms with Crippen molar-refractivity contribution in [2.75, 3.05) is 25.7 Å². The van der Waals surface area contributed by atoms with Gasteiger partial charge in [-0.2, -0.15) is 0 Å². The largest absolute Gasteiger partial charge is 0.493 e. The molecule has 4 aromatic rings. The minimum Gasteiger partial charge on any atom is -0.493 e. The Morgan fingerprint density at radius 3 is 2.46 bits per heavy atom. The number of fused-ring (bicyclic) bond motifs is 1. The maximum atomic E-state index is 13.2. The maximum Gasteiger partial charge on any atom is 0.327 e. The van der Waals surface area contributed by atoms with Crippen LogP contribution in [0.5, 0.6) is 11.5 Å². The zero-order valence-electron chi connectivity index (χ0n) is 20.4. The summed E-state index contributed by atoms with van der Waals surface area (Å²) in [5, 5.41) is 0. The Kier molecular flexibility index (Phi) is 7.03. The van der Waals surface area contributed by atoms with Crippen LogP contribution in [-0.4, -0.2) is 43.7 Å². The number of aromatic amines is 1. The van der Waals surface area contributed by atoms with Crippen molar-refractivity contribution in [2.45, 2.75) is 26.3 Å². The first kappa shape index (κ1) is 24.6. The van der Waals surface area contributed by atoms with Crippen LogP contribution in [0.4, 0.5) is 0 Å². The van der Waals surface area contributed by atoms with E-state index in [4.69, 9.17) is 9.47 Å². The van der Waals surface area contributed by atoms with Gasteiger partial charge in [0.2, 0.25) is 0 Å². The van der Waals surface area contributed by atoms with E-state index in [0.717, 1.165) is 17.5 Å². The van der Waals surface area contributed by atoms with Crippen molar-refractivity contribution in [1.82, 2.24) is 9.55 Å². The molecule has 0 aliphatic rings. The number of hydrogen-bond donors (Lipinski definition) is 1. The molecule has 184 valence electrons. The van der Waals surface area contributed by atoms with Crippen molar-refractivity contribution in [3.05, 3.63) is 82.3 Å². The minimum absolute atomic E-state index is 0.238. The van der Waals surface area contributed by atoms with E-state index in [2.05, 4.69) is 24.0 Å². The lowest BCUT2D eigenvalue weighted by atomic mass is 9.98. The number of sulfone groups is 1. The summed E-state index contributed by atoms with van der Waals surface area (Å²) in [6, 6.07) is 18.5. The number of aromatic nitrogens is 2. The monoisotopic (exact) mass is 494 g/mol. The summed E-state index contributed by atoms with van der Waals surface area (Å²) >= 11 is 0. The average Bonchev–Trinajstić information content (AvgIpc) is 3.16. The van der Waals surface area contributed by atoms with E-state index in [1.165, 1.54) is 16.4 Å². The van der Waals surface area contributed by atoms with Crippen LogP contribution in [-0.2, 0) is 16.3 Å². The first-order valence-corrected chi connectivity index (χ1v) is 13.6. The van der Waals surface area contributed by atoms with E-state index in [1.54, 1.807) is 25.3 Å². The molecule has 0 fully saturated rings. The first-order chi connectivity index (χ1) is 16.8. The van der Waals surface area contributed by atoms with Crippen LogP contribution in [0.25, 0.3) is 22.2 Å². The molecular formula is C27H30N2O5S. The van der Waals surface area contributed by atoms with Crippen LogP contribution in [0.3, 0.4) is 0 Å². The second-order valence-corrected chi connectivity index (χ2v) is 10.7. The lowest BCUT2D eigenvalue weighted by Crippen LogP contribution is -2.28. The van der Waals surface area contributed by atoms with Crippen molar-refractivity contribution in [1.29, 1.82) is 0 Å². The lowest BCUT2D eigenvalue weighted by Gasteiger charge is -2.20. The second kappa shape index (κ2) is 10.00. The second-order valence-electron chi connectivity index (χ2n) is 8.49. The molecule has 1 heterocycles. The van der Waals surface area contributed by atoms with Crippen molar-refractivity contribution >= 4 is 20.9 Å². The third kappa shape index (κ3) is 5.12. The summed E-state index contributed by atoms with van der Waals surface area (Å²) in [5.41, 5.74) is 4.86. The molecule has 0 radical (unpaired) electrons.